The molecule has 0 spiro atoms. The second-order valence-corrected chi connectivity index (χ2v) is 4.27. The van der Waals surface area contributed by atoms with Crippen molar-refractivity contribution in [1.82, 2.24) is 0 Å². The van der Waals surface area contributed by atoms with Crippen molar-refractivity contribution >= 4 is 18.3 Å². The van der Waals surface area contributed by atoms with E-state index in [1.807, 2.05) is 0 Å². The molecule has 0 saturated carbocycles. The summed E-state index contributed by atoms with van der Waals surface area (Å²) in [6.45, 7) is 6.75. The average molecular weight is 215 g/mol. The summed E-state index contributed by atoms with van der Waals surface area (Å²) in [4.78, 5) is 25.0. The van der Waals surface area contributed by atoms with Crippen LogP contribution in [-0.2, 0) is 9.53 Å². The van der Waals surface area contributed by atoms with E-state index in [9.17, 15) is 9.59 Å². The van der Waals surface area contributed by atoms with Gasteiger partial charge >= 0.3 is 12.1 Å². The van der Waals surface area contributed by atoms with E-state index >= 15 is 0 Å². The van der Waals surface area contributed by atoms with Gasteiger partial charge in [-0.05, 0) is 27.2 Å². The first-order chi connectivity index (χ1) is 6.72. The standard InChI is InChI=1S/C10H17NO4/c1-7(8(12)13)5-6-11-9(14)15-10(2,3)4/h6-7H,5H2,1-4H3,(H,12,13)/t7-/m1/s1. The highest BCUT2D eigenvalue weighted by atomic mass is 16.6. The molecule has 0 bridgehead atoms. The number of hydrogen-bond donors (Lipinski definition) is 1. The fourth-order valence-electron chi connectivity index (χ4n) is 0.674. The van der Waals surface area contributed by atoms with Crippen molar-refractivity contribution in [1.29, 1.82) is 0 Å². The van der Waals surface area contributed by atoms with Crippen LogP contribution in [0.5, 0.6) is 0 Å². The Kier molecular flexibility index (Phi) is 4.97. The van der Waals surface area contributed by atoms with Crippen molar-refractivity contribution in [3.05, 3.63) is 0 Å². The molecule has 5 nitrogen and oxygen atoms in total. The van der Waals surface area contributed by atoms with Crippen LogP contribution in [-0.4, -0.2) is 29.0 Å². The van der Waals surface area contributed by atoms with Crippen LogP contribution in [0.4, 0.5) is 4.79 Å². The van der Waals surface area contributed by atoms with E-state index in [4.69, 9.17) is 9.84 Å². The molecule has 1 atom stereocenters. The van der Waals surface area contributed by atoms with Crippen LogP contribution in [0.15, 0.2) is 4.99 Å². The Labute approximate surface area is 89.1 Å². The van der Waals surface area contributed by atoms with Crippen LogP contribution in [0.25, 0.3) is 0 Å². The topological polar surface area (TPSA) is 76.0 Å². The van der Waals surface area contributed by atoms with Crippen molar-refractivity contribution in [2.45, 2.75) is 39.7 Å². The van der Waals surface area contributed by atoms with Crippen molar-refractivity contribution in [3.63, 3.8) is 0 Å². The first-order valence-corrected chi connectivity index (χ1v) is 4.70. The second-order valence-electron chi connectivity index (χ2n) is 4.27. The number of rotatable bonds is 3. The number of aliphatic imine (C=N–C) groups is 1. The molecule has 0 aliphatic carbocycles. The quantitative estimate of drug-likeness (QED) is 0.731. The average Bonchev–Trinajstić information content (AvgIpc) is 2.00. The summed E-state index contributed by atoms with van der Waals surface area (Å²) in [7, 11) is 0. The number of carbonyl (C=O) groups is 2. The summed E-state index contributed by atoms with van der Waals surface area (Å²) in [5.41, 5.74) is -0.577. The predicted molar refractivity (Wildman–Crippen MR) is 56.1 cm³/mol. The number of hydrogen-bond acceptors (Lipinski definition) is 3. The van der Waals surface area contributed by atoms with Gasteiger partial charge in [0.2, 0.25) is 0 Å². The summed E-state index contributed by atoms with van der Waals surface area (Å²) in [5.74, 6) is -1.46. The highest BCUT2D eigenvalue weighted by Gasteiger charge is 2.15. The number of aliphatic carboxylic acids is 1. The molecule has 0 aromatic carbocycles. The van der Waals surface area contributed by atoms with Gasteiger partial charge in [0.1, 0.15) is 5.60 Å². The Morgan fingerprint density at radius 1 is 1.47 bits per heavy atom. The molecule has 0 aromatic heterocycles. The second kappa shape index (κ2) is 5.48. The first-order valence-electron chi connectivity index (χ1n) is 4.70. The number of carboxylic acids is 1. The minimum Gasteiger partial charge on any atom is -0.481 e. The molecule has 0 heterocycles. The van der Waals surface area contributed by atoms with Gasteiger partial charge in [0.15, 0.2) is 0 Å². The van der Waals surface area contributed by atoms with Crippen LogP contribution in [0.2, 0.25) is 0 Å². The van der Waals surface area contributed by atoms with Crippen LogP contribution >= 0.6 is 0 Å². The Balaban J connectivity index is 3.98. The zero-order valence-electron chi connectivity index (χ0n) is 9.48. The lowest BCUT2D eigenvalue weighted by Gasteiger charge is -2.17. The van der Waals surface area contributed by atoms with Crippen LogP contribution in [0.3, 0.4) is 0 Å². The first kappa shape index (κ1) is 13.6. The number of amides is 1. The fourth-order valence-corrected chi connectivity index (χ4v) is 0.674. The minimum atomic E-state index is -0.911. The molecule has 0 aliphatic rings. The summed E-state index contributed by atoms with van der Waals surface area (Å²) >= 11 is 0. The van der Waals surface area contributed by atoms with Gasteiger partial charge in [0, 0.05) is 6.21 Å². The van der Waals surface area contributed by atoms with Gasteiger partial charge < -0.3 is 9.84 Å². The third-order valence-electron chi connectivity index (χ3n) is 1.47. The highest BCUT2D eigenvalue weighted by Crippen LogP contribution is 2.08. The lowest BCUT2D eigenvalue weighted by Crippen LogP contribution is -2.22. The molecule has 0 fully saturated rings. The molecular weight excluding hydrogens is 198 g/mol. The van der Waals surface area contributed by atoms with Crippen molar-refractivity contribution in [2.75, 3.05) is 0 Å². The SMILES string of the molecule is C[C@H](CC=NC(=O)OC(C)(C)C)C(=O)O. The third-order valence-corrected chi connectivity index (χ3v) is 1.47. The van der Waals surface area contributed by atoms with Crippen LogP contribution in [0, 0.1) is 5.92 Å². The zero-order valence-corrected chi connectivity index (χ0v) is 9.48. The molecule has 0 aromatic rings. The monoisotopic (exact) mass is 215 g/mol. The Bertz CT molecular complexity index is 265. The van der Waals surface area contributed by atoms with Gasteiger partial charge in [-0.2, -0.15) is 4.99 Å². The van der Waals surface area contributed by atoms with Gasteiger partial charge in [0.05, 0.1) is 5.92 Å². The number of carboxylic acid groups (broad SMARTS) is 1. The molecule has 86 valence electrons. The largest absolute Gasteiger partial charge is 0.481 e. The zero-order chi connectivity index (χ0) is 12.1. The molecule has 1 amide bonds. The minimum absolute atomic E-state index is 0.217. The van der Waals surface area contributed by atoms with E-state index in [1.165, 1.54) is 6.21 Å². The van der Waals surface area contributed by atoms with E-state index in [2.05, 4.69) is 4.99 Å². The normalized spacial score (nSPS) is 13.9. The molecule has 0 radical (unpaired) electrons. The summed E-state index contributed by atoms with van der Waals surface area (Å²) in [6, 6.07) is 0. The molecule has 1 N–H and O–H groups in total. The van der Waals surface area contributed by atoms with Gasteiger partial charge in [0.25, 0.3) is 0 Å². The van der Waals surface area contributed by atoms with E-state index in [0.717, 1.165) is 0 Å². The van der Waals surface area contributed by atoms with Crippen LogP contribution < -0.4 is 0 Å². The lowest BCUT2D eigenvalue weighted by atomic mass is 10.1. The third kappa shape index (κ3) is 7.66. The predicted octanol–water partition coefficient (Wildman–Crippen LogP) is 2.10. The van der Waals surface area contributed by atoms with Gasteiger partial charge in [-0.25, -0.2) is 4.79 Å². The summed E-state index contributed by atoms with van der Waals surface area (Å²) in [6.07, 6.45) is 0.793. The number of carbonyl (C=O) groups excluding carboxylic acids is 1. The summed E-state index contributed by atoms with van der Waals surface area (Å²) < 4.78 is 4.90. The van der Waals surface area contributed by atoms with Crippen LogP contribution in [0.1, 0.15) is 34.1 Å². The van der Waals surface area contributed by atoms with E-state index < -0.39 is 23.6 Å². The van der Waals surface area contributed by atoms with Crippen molar-refractivity contribution in [3.8, 4) is 0 Å². The smallest absolute Gasteiger partial charge is 0.433 e. The van der Waals surface area contributed by atoms with Gasteiger partial charge in [-0.15, -0.1) is 0 Å². The number of ether oxygens (including phenoxy) is 1. The highest BCUT2D eigenvalue weighted by molar-refractivity contribution is 5.81. The molecule has 5 heteroatoms. The Morgan fingerprint density at radius 3 is 2.40 bits per heavy atom. The number of nitrogens with zero attached hydrogens (tertiary/aromatic N) is 1. The fraction of sp³-hybridized carbons (Fsp3) is 0.700. The maximum absolute atomic E-state index is 11.0. The van der Waals surface area contributed by atoms with E-state index in [-0.39, 0.29) is 6.42 Å². The molecule has 0 aliphatic heterocycles. The lowest BCUT2D eigenvalue weighted by molar-refractivity contribution is -0.140. The molecule has 0 saturated heterocycles. The maximum Gasteiger partial charge on any atom is 0.433 e. The molecule has 0 unspecified atom stereocenters. The molecule has 0 rings (SSSR count). The molecular formula is C10H17NO4. The summed E-state index contributed by atoms with van der Waals surface area (Å²) in [5, 5.41) is 8.56. The van der Waals surface area contributed by atoms with E-state index in [1.54, 1.807) is 27.7 Å². The van der Waals surface area contributed by atoms with Gasteiger partial charge in [-0.1, -0.05) is 6.92 Å². The Morgan fingerprint density at radius 2 is 2.00 bits per heavy atom. The maximum atomic E-state index is 11.0. The van der Waals surface area contributed by atoms with Crippen molar-refractivity contribution in [2.24, 2.45) is 10.9 Å². The van der Waals surface area contributed by atoms with Crippen molar-refractivity contribution < 1.29 is 19.4 Å². The van der Waals surface area contributed by atoms with E-state index in [0.29, 0.717) is 0 Å². The molecule has 15 heavy (non-hydrogen) atoms. The van der Waals surface area contributed by atoms with Gasteiger partial charge in [-0.3, -0.25) is 4.79 Å². The Hall–Kier alpha value is -1.39.